The summed E-state index contributed by atoms with van der Waals surface area (Å²) in [5, 5.41) is 11.3. The van der Waals surface area contributed by atoms with Crippen LogP contribution in [-0.2, 0) is 17.6 Å². The zero-order valence-corrected chi connectivity index (χ0v) is 10.7. The molecule has 0 amide bonds. The Morgan fingerprint density at radius 1 is 1.21 bits per heavy atom. The molecule has 0 aliphatic heterocycles. The van der Waals surface area contributed by atoms with E-state index in [-0.39, 0.29) is 12.5 Å². The molecule has 0 saturated carbocycles. The molecular formula is C16H17NO2. The number of aliphatic carboxylic acids is 1. The van der Waals surface area contributed by atoms with E-state index < -0.39 is 5.97 Å². The average Bonchev–Trinajstić information content (AvgIpc) is 2.82. The second-order valence-corrected chi connectivity index (χ2v) is 5.19. The van der Waals surface area contributed by atoms with Gasteiger partial charge in [0.05, 0.1) is 0 Å². The van der Waals surface area contributed by atoms with Gasteiger partial charge in [-0.25, -0.2) is 0 Å². The second kappa shape index (κ2) is 4.67. The van der Waals surface area contributed by atoms with Gasteiger partial charge in [0.25, 0.3) is 0 Å². The summed E-state index contributed by atoms with van der Waals surface area (Å²) in [5.74, 6) is -0.790. The van der Waals surface area contributed by atoms with Crippen molar-refractivity contribution in [2.75, 3.05) is 0 Å². The van der Waals surface area contributed by atoms with Crippen LogP contribution in [0.25, 0.3) is 10.8 Å². The highest BCUT2D eigenvalue weighted by atomic mass is 16.4. The fourth-order valence-electron chi connectivity index (χ4n) is 3.03. The van der Waals surface area contributed by atoms with E-state index >= 15 is 0 Å². The first kappa shape index (κ1) is 12.2. The van der Waals surface area contributed by atoms with Crippen LogP contribution in [0.5, 0.6) is 0 Å². The Kier molecular flexibility index (Phi) is 2.99. The van der Waals surface area contributed by atoms with Crippen molar-refractivity contribution in [3.8, 4) is 0 Å². The molecule has 19 heavy (non-hydrogen) atoms. The number of hydrogen-bond donors (Lipinski definition) is 2. The largest absolute Gasteiger partial charge is 0.481 e. The molecule has 2 aromatic carbocycles. The molecular weight excluding hydrogens is 238 g/mol. The van der Waals surface area contributed by atoms with Crippen LogP contribution in [0.15, 0.2) is 30.3 Å². The maximum Gasteiger partial charge on any atom is 0.303 e. The quantitative estimate of drug-likeness (QED) is 0.883. The Hall–Kier alpha value is -1.87. The summed E-state index contributed by atoms with van der Waals surface area (Å²) in [4.78, 5) is 10.7. The van der Waals surface area contributed by atoms with Crippen LogP contribution in [0.4, 0.5) is 0 Å². The molecule has 0 bridgehead atoms. The Balaban J connectivity index is 2.03. The highest BCUT2D eigenvalue weighted by Crippen LogP contribution is 2.35. The number of carbonyl (C=O) groups is 1. The topological polar surface area (TPSA) is 63.3 Å². The molecule has 0 radical (unpaired) electrons. The van der Waals surface area contributed by atoms with Crippen molar-refractivity contribution >= 4 is 16.7 Å². The van der Waals surface area contributed by atoms with Crippen LogP contribution in [0.2, 0.25) is 0 Å². The molecule has 0 aromatic heterocycles. The van der Waals surface area contributed by atoms with Gasteiger partial charge in [-0.3, -0.25) is 4.79 Å². The van der Waals surface area contributed by atoms with E-state index in [1.807, 2.05) is 0 Å². The minimum absolute atomic E-state index is 0.115. The minimum Gasteiger partial charge on any atom is -0.481 e. The Morgan fingerprint density at radius 2 is 1.95 bits per heavy atom. The third-order valence-electron chi connectivity index (χ3n) is 3.98. The summed E-state index contributed by atoms with van der Waals surface area (Å²) in [6.45, 7) is 0. The van der Waals surface area contributed by atoms with Crippen molar-refractivity contribution in [1.82, 2.24) is 0 Å². The van der Waals surface area contributed by atoms with Gasteiger partial charge < -0.3 is 10.8 Å². The van der Waals surface area contributed by atoms with Gasteiger partial charge in [0.15, 0.2) is 0 Å². The SMILES string of the molecule is NC(CCC(=O)O)c1ccc2c3c(cccc13)CC2. The normalized spacial score (nSPS) is 14.8. The lowest BCUT2D eigenvalue weighted by molar-refractivity contribution is -0.137. The summed E-state index contributed by atoms with van der Waals surface area (Å²) in [5.41, 5.74) is 10.0. The highest BCUT2D eigenvalue weighted by Gasteiger charge is 2.18. The van der Waals surface area contributed by atoms with Crippen molar-refractivity contribution in [2.45, 2.75) is 31.7 Å². The Morgan fingerprint density at radius 3 is 2.68 bits per heavy atom. The first-order valence-electron chi connectivity index (χ1n) is 6.67. The fourth-order valence-corrected chi connectivity index (χ4v) is 3.03. The van der Waals surface area contributed by atoms with E-state index in [1.165, 1.54) is 21.9 Å². The maximum absolute atomic E-state index is 10.7. The molecule has 98 valence electrons. The van der Waals surface area contributed by atoms with E-state index in [0.717, 1.165) is 18.4 Å². The standard InChI is InChI=1S/C16H17NO2/c17-14(8-9-15(18)19)12-7-6-11-5-4-10-2-1-3-13(12)16(10)11/h1-3,6-7,14H,4-5,8-9,17H2,(H,18,19). The predicted octanol–water partition coefficient (Wildman–Crippen LogP) is 2.80. The lowest BCUT2D eigenvalue weighted by Gasteiger charge is -2.15. The molecule has 3 N–H and O–H groups in total. The molecule has 1 unspecified atom stereocenters. The number of hydrogen-bond acceptors (Lipinski definition) is 2. The van der Waals surface area contributed by atoms with E-state index in [0.29, 0.717) is 6.42 Å². The summed E-state index contributed by atoms with van der Waals surface area (Å²) in [6, 6.07) is 10.4. The maximum atomic E-state index is 10.7. The zero-order chi connectivity index (χ0) is 13.4. The van der Waals surface area contributed by atoms with Crippen molar-refractivity contribution in [3.63, 3.8) is 0 Å². The zero-order valence-electron chi connectivity index (χ0n) is 10.7. The Bertz CT molecular complexity index is 638. The average molecular weight is 255 g/mol. The molecule has 0 fully saturated rings. The number of nitrogens with two attached hydrogens (primary N) is 1. The van der Waals surface area contributed by atoms with Crippen molar-refractivity contribution in [3.05, 3.63) is 47.0 Å². The smallest absolute Gasteiger partial charge is 0.303 e. The first-order chi connectivity index (χ1) is 9.16. The van der Waals surface area contributed by atoms with E-state index in [9.17, 15) is 4.79 Å². The highest BCUT2D eigenvalue weighted by molar-refractivity contribution is 5.93. The monoisotopic (exact) mass is 255 g/mol. The lowest BCUT2D eigenvalue weighted by Crippen LogP contribution is -2.12. The van der Waals surface area contributed by atoms with E-state index in [2.05, 4.69) is 30.3 Å². The number of carboxylic acids is 1. The molecule has 1 atom stereocenters. The molecule has 0 heterocycles. The third kappa shape index (κ3) is 2.10. The molecule has 3 heteroatoms. The minimum atomic E-state index is -0.790. The van der Waals surface area contributed by atoms with Crippen LogP contribution in [0, 0.1) is 0 Å². The van der Waals surface area contributed by atoms with Crippen LogP contribution < -0.4 is 5.73 Å². The summed E-state index contributed by atoms with van der Waals surface area (Å²) in [6.07, 6.45) is 2.79. The number of rotatable bonds is 4. The summed E-state index contributed by atoms with van der Waals surface area (Å²) >= 11 is 0. The Labute approximate surface area is 112 Å². The molecule has 2 aromatic rings. The molecule has 3 rings (SSSR count). The summed E-state index contributed by atoms with van der Waals surface area (Å²) in [7, 11) is 0. The van der Waals surface area contributed by atoms with Crippen LogP contribution >= 0.6 is 0 Å². The van der Waals surface area contributed by atoms with Gasteiger partial charge in [0, 0.05) is 12.5 Å². The van der Waals surface area contributed by atoms with E-state index in [1.54, 1.807) is 0 Å². The number of aryl methyl sites for hydroxylation is 2. The summed E-state index contributed by atoms with van der Waals surface area (Å²) < 4.78 is 0. The van der Waals surface area contributed by atoms with Crippen LogP contribution in [0.3, 0.4) is 0 Å². The molecule has 0 spiro atoms. The number of benzene rings is 2. The first-order valence-corrected chi connectivity index (χ1v) is 6.67. The van der Waals surface area contributed by atoms with Crippen molar-refractivity contribution in [2.24, 2.45) is 5.73 Å². The van der Waals surface area contributed by atoms with Gasteiger partial charge in [-0.15, -0.1) is 0 Å². The fraction of sp³-hybridized carbons (Fsp3) is 0.312. The van der Waals surface area contributed by atoms with Crippen LogP contribution in [-0.4, -0.2) is 11.1 Å². The molecule has 1 aliphatic carbocycles. The molecule has 1 aliphatic rings. The van der Waals surface area contributed by atoms with Gasteiger partial charge in [-0.1, -0.05) is 30.3 Å². The van der Waals surface area contributed by atoms with Gasteiger partial charge in [-0.2, -0.15) is 0 Å². The molecule has 0 saturated heterocycles. The van der Waals surface area contributed by atoms with Crippen LogP contribution in [0.1, 0.15) is 35.6 Å². The number of carboxylic acid groups (broad SMARTS) is 1. The molecule has 3 nitrogen and oxygen atoms in total. The van der Waals surface area contributed by atoms with E-state index in [4.69, 9.17) is 10.8 Å². The van der Waals surface area contributed by atoms with Gasteiger partial charge >= 0.3 is 5.97 Å². The lowest BCUT2D eigenvalue weighted by atomic mass is 9.94. The van der Waals surface area contributed by atoms with Crippen molar-refractivity contribution < 1.29 is 9.90 Å². The van der Waals surface area contributed by atoms with Gasteiger partial charge in [0.2, 0.25) is 0 Å². The second-order valence-electron chi connectivity index (χ2n) is 5.19. The van der Waals surface area contributed by atoms with Gasteiger partial charge in [0.1, 0.15) is 0 Å². The predicted molar refractivity (Wildman–Crippen MR) is 75.2 cm³/mol. The van der Waals surface area contributed by atoms with Gasteiger partial charge in [-0.05, 0) is 46.7 Å². The third-order valence-corrected chi connectivity index (χ3v) is 3.98. The van der Waals surface area contributed by atoms with Crippen molar-refractivity contribution in [1.29, 1.82) is 0 Å².